The minimum atomic E-state index is -0.0275. The Morgan fingerprint density at radius 2 is 1.94 bits per heavy atom. The first-order valence-electron chi connectivity index (χ1n) is 5.29. The Bertz CT molecular complexity index is 461. The lowest BCUT2D eigenvalue weighted by atomic mass is 10.0. The molecule has 1 unspecified atom stereocenters. The van der Waals surface area contributed by atoms with Gasteiger partial charge in [0.25, 0.3) is 0 Å². The Labute approximate surface area is 108 Å². The second-order valence-electron chi connectivity index (χ2n) is 3.71. The van der Waals surface area contributed by atoms with Gasteiger partial charge in [0.2, 0.25) is 0 Å². The Hall–Kier alpha value is -0.640. The zero-order chi connectivity index (χ0) is 11.5. The quantitative estimate of drug-likeness (QED) is 0.906. The smallest absolute Gasteiger partial charge is 0.0657 e. The highest BCUT2D eigenvalue weighted by Crippen LogP contribution is 2.31. The van der Waals surface area contributed by atoms with Gasteiger partial charge in [-0.15, -0.1) is 11.3 Å². The summed E-state index contributed by atoms with van der Waals surface area (Å²) in [5.41, 5.74) is 8.75. The van der Waals surface area contributed by atoms with Crippen LogP contribution in [0.3, 0.4) is 0 Å². The maximum Gasteiger partial charge on any atom is 0.0657 e. The third kappa shape index (κ3) is 2.37. The van der Waals surface area contributed by atoms with Gasteiger partial charge < -0.3 is 5.73 Å². The summed E-state index contributed by atoms with van der Waals surface area (Å²) in [5, 5.41) is 2.06. The SMILES string of the molecule is CCc1ccc(C(N)c2sccc2Br)cc1. The van der Waals surface area contributed by atoms with E-state index < -0.39 is 0 Å². The Kier molecular flexibility index (Phi) is 3.79. The molecule has 0 amide bonds. The monoisotopic (exact) mass is 295 g/mol. The second-order valence-corrected chi connectivity index (χ2v) is 5.51. The molecular formula is C13H14BrNS. The molecule has 3 heteroatoms. The van der Waals surface area contributed by atoms with E-state index in [-0.39, 0.29) is 6.04 Å². The summed E-state index contributed by atoms with van der Waals surface area (Å²) in [7, 11) is 0. The fourth-order valence-corrected chi connectivity index (χ4v) is 3.29. The second kappa shape index (κ2) is 5.13. The summed E-state index contributed by atoms with van der Waals surface area (Å²) in [6, 6.07) is 10.6. The van der Waals surface area contributed by atoms with Crippen molar-refractivity contribution in [3.63, 3.8) is 0 Å². The number of aryl methyl sites for hydroxylation is 1. The van der Waals surface area contributed by atoms with Gasteiger partial charge in [0.1, 0.15) is 0 Å². The van der Waals surface area contributed by atoms with Gasteiger partial charge >= 0.3 is 0 Å². The van der Waals surface area contributed by atoms with Gasteiger partial charge in [0.05, 0.1) is 6.04 Å². The highest BCUT2D eigenvalue weighted by Gasteiger charge is 2.13. The molecule has 0 aliphatic carbocycles. The van der Waals surface area contributed by atoms with Crippen LogP contribution in [0.5, 0.6) is 0 Å². The Morgan fingerprint density at radius 1 is 1.25 bits per heavy atom. The molecule has 2 aromatic rings. The van der Waals surface area contributed by atoms with Crippen LogP contribution >= 0.6 is 27.3 Å². The van der Waals surface area contributed by atoms with Crippen molar-refractivity contribution in [2.24, 2.45) is 5.73 Å². The molecule has 0 aliphatic rings. The normalized spacial score (nSPS) is 12.7. The van der Waals surface area contributed by atoms with Crippen LogP contribution in [0.15, 0.2) is 40.2 Å². The van der Waals surface area contributed by atoms with E-state index in [1.54, 1.807) is 11.3 Å². The van der Waals surface area contributed by atoms with Gasteiger partial charge in [-0.25, -0.2) is 0 Å². The number of halogens is 1. The lowest BCUT2D eigenvalue weighted by molar-refractivity contribution is 0.887. The summed E-state index contributed by atoms with van der Waals surface area (Å²) < 4.78 is 1.10. The summed E-state index contributed by atoms with van der Waals surface area (Å²) in [5.74, 6) is 0. The standard InChI is InChI=1S/C13H14BrNS/c1-2-9-3-5-10(6-4-9)12(15)13-11(14)7-8-16-13/h3-8,12H,2,15H2,1H3. The molecule has 1 nitrogen and oxygen atoms in total. The van der Waals surface area contributed by atoms with Crippen LogP contribution in [-0.2, 0) is 6.42 Å². The van der Waals surface area contributed by atoms with Crippen molar-refractivity contribution < 1.29 is 0 Å². The molecule has 0 spiro atoms. The van der Waals surface area contributed by atoms with Gasteiger partial charge in [0.15, 0.2) is 0 Å². The minimum Gasteiger partial charge on any atom is -0.320 e. The van der Waals surface area contributed by atoms with E-state index in [9.17, 15) is 0 Å². The zero-order valence-electron chi connectivity index (χ0n) is 9.11. The van der Waals surface area contributed by atoms with E-state index in [2.05, 4.69) is 52.5 Å². The highest BCUT2D eigenvalue weighted by molar-refractivity contribution is 9.10. The molecule has 16 heavy (non-hydrogen) atoms. The number of benzene rings is 1. The summed E-state index contributed by atoms with van der Waals surface area (Å²) >= 11 is 5.21. The molecule has 0 saturated carbocycles. The van der Waals surface area contributed by atoms with E-state index in [0.29, 0.717) is 0 Å². The predicted octanol–water partition coefficient (Wildman–Crippen LogP) is 4.12. The molecular weight excluding hydrogens is 282 g/mol. The van der Waals surface area contributed by atoms with Crippen LogP contribution in [0.25, 0.3) is 0 Å². The van der Waals surface area contributed by atoms with Crippen molar-refractivity contribution in [3.05, 3.63) is 56.2 Å². The first-order valence-corrected chi connectivity index (χ1v) is 6.97. The third-order valence-electron chi connectivity index (χ3n) is 2.67. The fourth-order valence-electron chi connectivity index (χ4n) is 1.64. The van der Waals surface area contributed by atoms with Crippen molar-refractivity contribution >= 4 is 27.3 Å². The molecule has 0 fully saturated rings. The van der Waals surface area contributed by atoms with Gasteiger partial charge in [-0.1, -0.05) is 31.2 Å². The first-order chi connectivity index (χ1) is 7.72. The van der Waals surface area contributed by atoms with Crippen molar-refractivity contribution in [3.8, 4) is 0 Å². The van der Waals surface area contributed by atoms with E-state index in [0.717, 1.165) is 10.9 Å². The van der Waals surface area contributed by atoms with Gasteiger partial charge in [-0.3, -0.25) is 0 Å². The highest BCUT2D eigenvalue weighted by atomic mass is 79.9. The summed E-state index contributed by atoms with van der Waals surface area (Å²) in [6.07, 6.45) is 1.07. The average molecular weight is 296 g/mol. The lowest BCUT2D eigenvalue weighted by Crippen LogP contribution is -2.10. The number of hydrogen-bond acceptors (Lipinski definition) is 2. The molecule has 2 N–H and O–H groups in total. The van der Waals surface area contributed by atoms with Crippen molar-refractivity contribution in [2.45, 2.75) is 19.4 Å². The molecule has 2 rings (SSSR count). The molecule has 1 aromatic carbocycles. The Balaban J connectivity index is 2.27. The number of nitrogens with two attached hydrogens (primary N) is 1. The van der Waals surface area contributed by atoms with Crippen LogP contribution in [0, 0.1) is 0 Å². The number of hydrogen-bond donors (Lipinski definition) is 1. The average Bonchev–Trinajstić information content (AvgIpc) is 2.75. The lowest BCUT2D eigenvalue weighted by Gasteiger charge is -2.11. The summed E-state index contributed by atoms with van der Waals surface area (Å²) in [4.78, 5) is 1.18. The van der Waals surface area contributed by atoms with Crippen molar-refractivity contribution in [1.82, 2.24) is 0 Å². The van der Waals surface area contributed by atoms with Crippen LogP contribution in [0.2, 0.25) is 0 Å². The van der Waals surface area contributed by atoms with E-state index in [4.69, 9.17) is 5.73 Å². The molecule has 0 saturated heterocycles. The van der Waals surface area contributed by atoms with Gasteiger partial charge in [0, 0.05) is 9.35 Å². The minimum absolute atomic E-state index is 0.0275. The van der Waals surface area contributed by atoms with Crippen LogP contribution in [0.4, 0.5) is 0 Å². The summed E-state index contributed by atoms with van der Waals surface area (Å²) in [6.45, 7) is 2.16. The van der Waals surface area contributed by atoms with Gasteiger partial charge in [-0.2, -0.15) is 0 Å². The van der Waals surface area contributed by atoms with E-state index in [1.165, 1.54) is 16.0 Å². The zero-order valence-corrected chi connectivity index (χ0v) is 11.5. The fraction of sp³-hybridized carbons (Fsp3) is 0.231. The first kappa shape index (κ1) is 11.8. The molecule has 1 heterocycles. The van der Waals surface area contributed by atoms with E-state index in [1.807, 2.05) is 6.07 Å². The number of thiophene rings is 1. The van der Waals surface area contributed by atoms with Crippen LogP contribution in [-0.4, -0.2) is 0 Å². The third-order valence-corrected chi connectivity index (χ3v) is 4.63. The molecule has 84 valence electrons. The van der Waals surface area contributed by atoms with Crippen LogP contribution < -0.4 is 5.73 Å². The van der Waals surface area contributed by atoms with E-state index >= 15 is 0 Å². The maximum atomic E-state index is 6.23. The molecule has 0 aliphatic heterocycles. The number of rotatable bonds is 3. The molecule has 0 radical (unpaired) electrons. The topological polar surface area (TPSA) is 26.0 Å². The van der Waals surface area contributed by atoms with Crippen LogP contribution in [0.1, 0.15) is 29.0 Å². The maximum absolute atomic E-state index is 6.23. The van der Waals surface area contributed by atoms with Crippen molar-refractivity contribution in [1.29, 1.82) is 0 Å². The predicted molar refractivity (Wildman–Crippen MR) is 73.9 cm³/mol. The van der Waals surface area contributed by atoms with Gasteiger partial charge in [-0.05, 0) is 44.9 Å². The molecule has 1 atom stereocenters. The Morgan fingerprint density at radius 3 is 2.44 bits per heavy atom. The molecule has 0 bridgehead atoms. The van der Waals surface area contributed by atoms with Crippen molar-refractivity contribution in [2.75, 3.05) is 0 Å². The largest absolute Gasteiger partial charge is 0.320 e. The molecule has 1 aromatic heterocycles.